The fourth-order valence-electron chi connectivity index (χ4n) is 2.52. The normalized spacial score (nSPS) is 22.3. The highest BCUT2D eigenvalue weighted by molar-refractivity contribution is 5.14. The van der Waals surface area contributed by atoms with Crippen molar-refractivity contribution in [2.45, 2.75) is 32.2 Å². The number of hydrogen-bond donors (Lipinski definition) is 1. The van der Waals surface area contributed by atoms with Gasteiger partial charge in [-0.05, 0) is 44.8 Å². The van der Waals surface area contributed by atoms with Gasteiger partial charge in [0.2, 0.25) is 0 Å². The Bertz CT molecular complexity index is 310. The molecular weight excluding hydrogens is 208 g/mol. The van der Waals surface area contributed by atoms with E-state index in [1.165, 1.54) is 44.5 Å². The van der Waals surface area contributed by atoms with Crippen LogP contribution in [0.2, 0.25) is 0 Å². The Balaban J connectivity index is 1.73. The van der Waals surface area contributed by atoms with Crippen LogP contribution in [-0.4, -0.2) is 37.1 Å². The zero-order valence-corrected chi connectivity index (χ0v) is 10.9. The monoisotopic (exact) mass is 232 g/mol. The molecule has 1 aliphatic heterocycles. The Kier molecular flexibility index (Phi) is 5.02. The van der Waals surface area contributed by atoms with Crippen LogP contribution in [0.15, 0.2) is 30.3 Å². The molecule has 94 valence electrons. The van der Waals surface area contributed by atoms with Gasteiger partial charge in [-0.15, -0.1) is 0 Å². The molecule has 0 saturated carbocycles. The molecular formula is C15H24N2. The molecule has 1 N–H and O–H groups in total. The van der Waals surface area contributed by atoms with Gasteiger partial charge in [0.05, 0.1) is 0 Å². The number of nitrogens with zero attached hydrogens (tertiary/aromatic N) is 1. The minimum Gasteiger partial charge on any atom is -0.315 e. The van der Waals surface area contributed by atoms with Crippen molar-refractivity contribution in [3.63, 3.8) is 0 Å². The fraction of sp³-hybridized carbons (Fsp3) is 0.600. The van der Waals surface area contributed by atoms with Crippen LogP contribution < -0.4 is 5.32 Å². The summed E-state index contributed by atoms with van der Waals surface area (Å²) in [7, 11) is 0. The predicted octanol–water partition coefficient (Wildman–Crippen LogP) is 2.30. The third kappa shape index (κ3) is 4.14. The summed E-state index contributed by atoms with van der Waals surface area (Å²) in [5.41, 5.74) is 1.47. The van der Waals surface area contributed by atoms with Gasteiger partial charge < -0.3 is 5.32 Å². The van der Waals surface area contributed by atoms with Gasteiger partial charge in [-0.25, -0.2) is 0 Å². The van der Waals surface area contributed by atoms with E-state index in [9.17, 15) is 0 Å². The highest BCUT2D eigenvalue weighted by Crippen LogP contribution is 2.09. The van der Waals surface area contributed by atoms with Crippen LogP contribution in [0.5, 0.6) is 0 Å². The van der Waals surface area contributed by atoms with E-state index in [1.807, 2.05) is 0 Å². The summed E-state index contributed by atoms with van der Waals surface area (Å²) < 4.78 is 0. The van der Waals surface area contributed by atoms with Gasteiger partial charge in [-0.3, -0.25) is 4.90 Å². The second kappa shape index (κ2) is 6.77. The lowest BCUT2D eigenvalue weighted by Crippen LogP contribution is -2.35. The van der Waals surface area contributed by atoms with E-state index in [-0.39, 0.29) is 0 Å². The Labute approximate surface area is 105 Å². The lowest BCUT2D eigenvalue weighted by Gasteiger charge is -2.26. The molecule has 2 heteroatoms. The van der Waals surface area contributed by atoms with E-state index in [1.54, 1.807) is 0 Å². The van der Waals surface area contributed by atoms with Crippen molar-refractivity contribution < 1.29 is 0 Å². The highest BCUT2D eigenvalue weighted by Gasteiger charge is 2.15. The number of benzene rings is 1. The van der Waals surface area contributed by atoms with E-state index in [4.69, 9.17) is 0 Å². The molecule has 2 rings (SSSR count). The highest BCUT2D eigenvalue weighted by atomic mass is 15.2. The van der Waals surface area contributed by atoms with Crippen LogP contribution in [0.3, 0.4) is 0 Å². The van der Waals surface area contributed by atoms with E-state index in [0.29, 0.717) is 0 Å². The first-order chi connectivity index (χ1) is 8.36. The summed E-state index contributed by atoms with van der Waals surface area (Å²) >= 11 is 0. The molecule has 0 aromatic heterocycles. The molecule has 0 bridgehead atoms. The number of hydrogen-bond acceptors (Lipinski definition) is 2. The fourth-order valence-corrected chi connectivity index (χ4v) is 2.52. The average Bonchev–Trinajstić information content (AvgIpc) is 2.56. The SMILES string of the molecule is CC1CCNCCN1CCCc1ccccc1. The molecule has 1 fully saturated rings. The molecule has 17 heavy (non-hydrogen) atoms. The molecule has 1 aliphatic rings. The molecule has 1 aromatic carbocycles. The van der Waals surface area contributed by atoms with Gasteiger partial charge in [-0.1, -0.05) is 30.3 Å². The van der Waals surface area contributed by atoms with Gasteiger partial charge in [0, 0.05) is 19.1 Å². The predicted molar refractivity (Wildman–Crippen MR) is 73.3 cm³/mol. The first kappa shape index (κ1) is 12.6. The Morgan fingerprint density at radius 1 is 1.24 bits per heavy atom. The van der Waals surface area contributed by atoms with E-state index < -0.39 is 0 Å². The first-order valence-electron chi connectivity index (χ1n) is 6.85. The van der Waals surface area contributed by atoms with Crippen molar-refractivity contribution in [1.82, 2.24) is 10.2 Å². The van der Waals surface area contributed by atoms with Crippen LogP contribution in [0.4, 0.5) is 0 Å². The van der Waals surface area contributed by atoms with E-state index in [0.717, 1.165) is 12.6 Å². The largest absolute Gasteiger partial charge is 0.315 e. The van der Waals surface area contributed by atoms with Crippen molar-refractivity contribution >= 4 is 0 Å². The van der Waals surface area contributed by atoms with E-state index >= 15 is 0 Å². The van der Waals surface area contributed by atoms with Crippen molar-refractivity contribution in [2.75, 3.05) is 26.2 Å². The molecule has 1 aromatic rings. The standard InChI is InChI=1S/C15H24N2/c1-14-9-10-16-11-13-17(14)12-5-8-15-6-3-2-4-7-15/h2-4,6-7,14,16H,5,8-13H2,1H3. The van der Waals surface area contributed by atoms with Crippen LogP contribution in [-0.2, 0) is 6.42 Å². The summed E-state index contributed by atoms with van der Waals surface area (Å²) in [6.45, 7) is 7.12. The van der Waals surface area contributed by atoms with Gasteiger partial charge in [0.1, 0.15) is 0 Å². The quantitative estimate of drug-likeness (QED) is 0.857. The summed E-state index contributed by atoms with van der Waals surface area (Å²) in [4.78, 5) is 2.63. The number of rotatable bonds is 4. The van der Waals surface area contributed by atoms with E-state index in [2.05, 4.69) is 47.5 Å². The third-order valence-electron chi connectivity index (χ3n) is 3.69. The van der Waals surface area contributed by atoms with Gasteiger partial charge >= 0.3 is 0 Å². The maximum Gasteiger partial charge on any atom is 0.0110 e. The summed E-state index contributed by atoms with van der Waals surface area (Å²) in [5, 5.41) is 3.47. The summed E-state index contributed by atoms with van der Waals surface area (Å²) in [6, 6.07) is 11.6. The lowest BCUT2D eigenvalue weighted by molar-refractivity contribution is 0.218. The molecule has 0 aliphatic carbocycles. The molecule has 1 unspecified atom stereocenters. The lowest BCUT2D eigenvalue weighted by atomic mass is 10.1. The summed E-state index contributed by atoms with van der Waals surface area (Å²) in [5.74, 6) is 0. The topological polar surface area (TPSA) is 15.3 Å². The van der Waals surface area contributed by atoms with Crippen molar-refractivity contribution in [3.05, 3.63) is 35.9 Å². The molecule has 0 amide bonds. The average molecular weight is 232 g/mol. The maximum absolute atomic E-state index is 3.47. The Morgan fingerprint density at radius 2 is 2.06 bits per heavy atom. The molecule has 0 spiro atoms. The van der Waals surface area contributed by atoms with Gasteiger partial charge in [0.25, 0.3) is 0 Å². The second-order valence-corrected chi connectivity index (χ2v) is 5.01. The first-order valence-corrected chi connectivity index (χ1v) is 6.85. The van der Waals surface area contributed by atoms with Crippen molar-refractivity contribution in [1.29, 1.82) is 0 Å². The Morgan fingerprint density at radius 3 is 2.88 bits per heavy atom. The van der Waals surface area contributed by atoms with Crippen LogP contribution >= 0.6 is 0 Å². The molecule has 2 nitrogen and oxygen atoms in total. The van der Waals surface area contributed by atoms with Crippen molar-refractivity contribution in [3.8, 4) is 0 Å². The van der Waals surface area contributed by atoms with Crippen molar-refractivity contribution in [2.24, 2.45) is 0 Å². The molecule has 1 saturated heterocycles. The minimum atomic E-state index is 0.737. The number of nitrogens with one attached hydrogen (secondary N) is 1. The maximum atomic E-state index is 3.47. The van der Waals surface area contributed by atoms with Crippen LogP contribution in [0, 0.1) is 0 Å². The minimum absolute atomic E-state index is 0.737. The smallest absolute Gasteiger partial charge is 0.0110 e. The number of aryl methyl sites for hydroxylation is 1. The van der Waals surface area contributed by atoms with Crippen LogP contribution in [0.1, 0.15) is 25.3 Å². The third-order valence-corrected chi connectivity index (χ3v) is 3.69. The summed E-state index contributed by atoms with van der Waals surface area (Å²) in [6.07, 6.45) is 3.76. The molecule has 1 heterocycles. The van der Waals surface area contributed by atoms with Gasteiger partial charge in [-0.2, -0.15) is 0 Å². The molecule has 1 atom stereocenters. The zero-order valence-electron chi connectivity index (χ0n) is 10.9. The van der Waals surface area contributed by atoms with Gasteiger partial charge in [0.15, 0.2) is 0 Å². The van der Waals surface area contributed by atoms with Crippen LogP contribution in [0.25, 0.3) is 0 Å². The second-order valence-electron chi connectivity index (χ2n) is 5.01. The zero-order chi connectivity index (χ0) is 11.9. The Hall–Kier alpha value is -0.860. The molecule has 0 radical (unpaired) electrons.